The molecular formula is C21H32N4O3. The van der Waals surface area contributed by atoms with Crippen LogP contribution in [0.3, 0.4) is 0 Å². The van der Waals surface area contributed by atoms with Crippen LogP contribution in [-0.4, -0.2) is 97.7 Å². The molecule has 0 saturated carbocycles. The second kappa shape index (κ2) is 9.11. The Labute approximate surface area is 167 Å². The molecule has 0 atom stereocenters. The molecule has 0 spiro atoms. The zero-order valence-corrected chi connectivity index (χ0v) is 16.9. The van der Waals surface area contributed by atoms with E-state index in [0.717, 1.165) is 83.5 Å². The fourth-order valence-electron chi connectivity index (χ4n) is 4.19. The van der Waals surface area contributed by atoms with Crippen LogP contribution in [0, 0.1) is 0 Å². The first-order valence-electron chi connectivity index (χ1n) is 10.5. The molecule has 0 bridgehead atoms. The molecule has 7 heteroatoms. The molecule has 1 aromatic carbocycles. The molecule has 2 saturated heterocycles. The summed E-state index contributed by atoms with van der Waals surface area (Å²) in [6, 6.07) is 6.15. The first kappa shape index (κ1) is 19.5. The smallest absolute Gasteiger partial charge is 0.231 e. The molecule has 3 aliphatic heterocycles. The maximum Gasteiger partial charge on any atom is 0.231 e. The van der Waals surface area contributed by atoms with Gasteiger partial charge in [0.05, 0.1) is 0 Å². The summed E-state index contributed by atoms with van der Waals surface area (Å²) in [5, 5.41) is 0. The van der Waals surface area contributed by atoms with Gasteiger partial charge in [0.2, 0.25) is 12.7 Å². The van der Waals surface area contributed by atoms with Gasteiger partial charge in [-0.15, -0.1) is 0 Å². The third-order valence-corrected chi connectivity index (χ3v) is 6.12. The molecule has 7 nitrogen and oxygen atoms in total. The topological polar surface area (TPSA) is 48.5 Å². The van der Waals surface area contributed by atoms with E-state index in [1.54, 1.807) is 0 Å². The lowest BCUT2D eigenvalue weighted by molar-refractivity contribution is -0.133. The molecule has 4 rings (SSSR count). The van der Waals surface area contributed by atoms with E-state index < -0.39 is 0 Å². The van der Waals surface area contributed by atoms with Gasteiger partial charge in [0.25, 0.3) is 0 Å². The van der Waals surface area contributed by atoms with Crippen molar-refractivity contribution in [3.05, 3.63) is 23.8 Å². The average Bonchev–Trinajstić information content (AvgIpc) is 3.21. The summed E-state index contributed by atoms with van der Waals surface area (Å²) in [5.41, 5.74) is 1.23. The van der Waals surface area contributed by atoms with Crippen LogP contribution in [0.5, 0.6) is 11.5 Å². The Morgan fingerprint density at radius 3 is 2.32 bits per heavy atom. The SMILES string of the molecule is CCN1CCN(CCC(=O)N2CCN(Cc3ccc4c(c3)OCO4)CC2)CC1. The third-order valence-electron chi connectivity index (χ3n) is 6.12. The summed E-state index contributed by atoms with van der Waals surface area (Å²) in [4.78, 5) is 21.9. The van der Waals surface area contributed by atoms with Crippen LogP contribution in [0.1, 0.15) is 18.9 Å². The van der Waals surface area contributed by atoms with Gasteiger partial charge in [-0.1, -0.05) is 13.0 Å². The fourth-order valence-corrected chi connectivity index (χ4v) is 4.19. The van der Waals surface area contributed by atoms with Crippen molar-refractivity contribution in [3.8, 4) is 11.5 Å². The summed E-state index contributed by atoms with van der Waals surface area (Å²) in [6.07, 6.45) is 0.647. The highest BCUT2D eigenvalue weighted by Crippen LogP contribution is 2.32. The Balaban J connectivity index is 1.17. The Hall–Kier alpha value is -1.83. The number of hydrogen-bond donors (Lipinski definition) is 0. The third kappa shape index (κ3) is 4.77. The molecule has 1 amide bonds. The highest BCUT2D eigenvalue weighted by atomic mass is 16.7. The summed E-state index contributed by atoms with van der Waals surface area (Å²) >= 11 is 0. The van der Waals surface area contributed by atoms with E-state index in [0.29, 0.717) is 19.1 Å². The number of amides is 1. The maximum atomic E-state index is 12.6. The second-order valence-electron chi connectivity index (χ2n) is 7.87. The highest BCUT2D eigenvalue weighted by Gasteiger charge is 2.23. The molecular weight excluding hydrogens is 356 g/mol. The molecule has 154 valence electrons. The van der Waals surface area contributed by atoms with E-state index in [-0.39, 0.29) is 0 Å². The number of rotatable bonds is 6. The van der Waals surface area contributed by atoms with Gasteiger partial charge in [0.15, 0.2) is 11.5 Å². The molecule has 0 N–H and O–H groups in total. The summed E-state index contributed by atoms with van der Waals surface area (Å²) in [6.45, 7) is 13.4. The number of hydrogen-bond acceptors (Lipinski definition) is 6. The van der Waals surface area contributed by atoms with Crippen molar-refractivity contribution in [2.24, 2.45) is 0 Å². The van der Waals surface area contributed by atoms with Crippen molar-refractivity contribution in [2.75, 3.05) is 72.2 Å². The fraction of sp³-hybridized carbons (Fsp3) is 0.667. The number of ether oxygens (including phenoxy) is 2. The van der Waals surface area contributed by atoms with Gasteiger partial charge in [-0.25, -0.2) is 0 Å². The molecule has 0 unspecified atom stereocenters. The predicted molar refractivity (Wildman–Crippen MR) is 108 cm³/mol. The molecule has 28 heavy (non-hydrogen) atoms. The quantitative estimate of drug-likeness (QED) is 0.727. The van der Waals surface area contributed by atoms with Crippen LogP contribution >= 0.6 is 0 Å². The number of benzene rings is 1. The van der Waals surface area contributed by atoms with E-state index in [9.17, 15) is 4.79 Å². The van der Waals surface area contributed by atoms with Crippen molar-refractivity contribution >= 4 is 5.91 Å². The number of carbonyl (C=O) groups is 1. The lowest BCUT2D eigenvalue weighted by Crippen LogP contribution is -2.50. The minimum Gasteiger partial charge on any atom is -0.454 e. The van der Waals surface area contributed by atoms with Gasteiger partial charge < -0.3 is 24.2 Å². The number of piperazine rings is 2. The monoisotopic (exact) mass is 388 g/mol. The van der Waals surface area contributed by atoms with Crippen LogP contribution in [0.25, 0.3) is 0 Å². The van der Waals surface area contributed by atoms with Crippen molar-refractivity contribution in [3.63, 3.8) is 0 Å². The van der Waals surface area contributed by atoms with E-state index in [4.69, 9.17) is 9.47 Å². The molecule has 2 fully saturated rings. The van der Waals surface area contributed by atoms with Crippen LogP contribution in [0.4, 0.5) is 0 Å². The van der Waals surface area contributed by atoms with E-state index >= 15 is 0 Å². The molecule has 0 aliphatic carbocycles. The first-order valence-corrected chi connectivity index (χ1v) is 10.5. The molecule has 3 heterocycles. The van der Waals surface area contributed by atoms with Gasteiger partial charge in [-0.3, -0.25) is 9.69 Å². The number of nitrogens with zero attached hydrogens (tertiary/aromatic N) is 4. The summed E-state index contributed by atoms with van der Waals surface area (Å²) in [5.74, 6) is 1.97. The van der Waals surface area contributed by atoms with Crippen LogP contribution in [0.2, 0.25) is 0 Å². The van der Waals surface area contributed by atoms with Crippen LogP contribution in [-0.2, 0) is 11.3 Å². The summed E-state index contributed by atoms with van der Waals surface area (Å²) in [7, 11) is 0. The maximum absolute atomic E-state index is 12.6. The largest absolute Gasteiger partial charge is 0.454 e. The van der Waals surface area contributed by atoms with Crippen LogP contribution in [0.15, 0.2) is 18.2 Å². The van der Waals surface area contributed by atoms with Gasteiger partial charge in [-0.2, -0.15) is 0 Å². The number of fused-ring (bicyclic) bond motifs is 1. The number of carbonyl (C=O) groups excluding carboxylic acids is 1. The average molecular weight is 389 g/mol. The van der Waals surface area contributed by atoms with Crippen LogP contribution < -0.4 is 9.47 Å². The molecule has 3 aliphatic rings. The van der Waals surface area contributed by atoms with E-state index in [1.165, 1.54) is 5.56 Å². The van der Waals surface area contributed by atoms with Crippen molar-refractivity contribution in [2.45, 2.75) is 19.9 Å². The van der Waals surface area contributed by atoms with Gasteiger partial charge in [-0.05, 0) is 24.2 Å². The Morgan fingerprint density at radius 2 is 1.57 bits per heavy atom. The molecule has 1 aromatic rings. The Bertz CT molecular complexity index is 668. The lowest BCUT2D eigenvalue weighted by Gasteiger charge is -2.36. The van der Waals surface area contributed by atoms with Gasteiger partial charge in [0, 0.05) is 71.9 Å². The second-order valence-corrected chi connectivity index (χ2v) is 7.87. The Kier molecular flexibility index (Phi) is 6.34. The molecule has 0 radical (unpaired) electrons. The minimum absolute atomic E-state index is 0.306. The van der Waals surface area contributed by atoms with Gasteiger partial charge >= 0.3 is 0 Å². The standard InChI is InChI=1S/C21H32N4O3/c1-2-22-7-9-23(10-8-22)6-5-21(26)25-13-11-24(12-14-25)16-18-3-4-19-20(15-18)28-17-27-19/h3-4,15H,2,5-14,16-17H2,1H3. The number of likely N-dealkylation sites (N-methyl/N-ethyl adjacent to an activating group) is 1. The van der Waals surface area contributed by atoms with Gasteiger partial charge in [0.1, 0.15) is 0 Å². The Morgan fingerprint density at radius 1 is 0.893 bits per heavy atom. The zero-order valence-electron chi connectivity index (χ0n) is 16.9. The van der Waals surface area contributed by atoms with Crippen molar-refractivity contribution < 1.29 is 14.3 Å². The van der Waals surface area contributed by atoms with E-state index in [1.807, 2.05) is 11.0 Å². The van der Waals surface area contributed by atoms with Crippen molar-refractivity contribution in [1.82, 2.24) is 19.6 Å². The first-order chi connectivity index (χ1) is 13.7. The summed E-state index contributed by atoms with van der Waals surface area (Å²) < 4.78 is 10.8. The lowest BCUT2D eigenvalue weighted by atomic mass is 10.1. The zero-order chi connectivity index (χ0) is 19.3. The highest BCUT2D eigenvalue weighted by molar-refractivity contribution is 5.76. The minimum atomic E-state index is 0.306. The van der Waals surface area contributed by atoms with Crippen molar-refractivity contribution in [1.29, 1.82) is 0 Å². The van der Waals surface area contributed by atoms with E-state index in [2.05, 4.69) is 33.8 Å². The predicted octanol–water partition coefficient (Wildman–Crippen LogP) is 1.09. The normalized spacial score (nSPS) is 21.2. The molecule has 0 aromatic heterocycles.